The second-order valence-corrected chi connectivity index (χ2v) is 36.0. The zero-order valence-corrected chi connectivity index (χ0v) is 25.1. The second kappa shape index (κ2) is 9.82. The molecule has 1 aromatic heterocycles. The first-order chi connectivity index (χ1) is 15.7. The van der Waals surface area contributed by atoms with Crippen molar-refractivity contribution in [2.24, 2.45) is 0 Å². The summed E-state index contributed by atoms with van der Waals surface area (Å²) in [6.45, 7) is 3.78. The molecule has 0 saturated heterocycles. The Balaban J connectivity index is 0.00000162. The van der Waals surface area contributed by atoms with Crippen LogP contribution in [0.15, 0.2) is 131 Å². The number of hydrogen-bond acceptors (Lipinski definition) is 0. The molecule has 1 aliphatic rings. The first kappa shape index (κ1) is 27.0. The summed E-state index contributed by atoms with van der Waals surface area (Å²) in [4.78, 5) is 0. The first-order valence-electron chi connectivity index (χ1n) is 11.6. The Bertz CT molecular complexity index is 1200. The van der Waals surface area contributed by atoms with E-state index >= 15 is 0 Å². The molecule has 1 heterocycles. The van der Waals surface area contributed by atoms with E-state index < -0.39 is 19.9 Å². The Kier molecular flexibility index (Phi) is 7.81. The maximum absolute atomic E-state index is 4.78. The summed E-state index contributed by atoms with van der Waals surface area (Å²) < 4.78 is 8.10. The smallest absolute Gasteiger partial charge is 0.147 e. The molecule has 0 amide bonds. The van der Waals surface area contributed by atoms with Crippen molar-refractivity contribution in [3.63, 3.8) is 0 Å². The van der Waals surface area contributed by atoms with Gasteiger partial charge in [-0.2, -0.15) is 0 Å². The van der Waals surface area contributed by atoms with Crippen molar-refractivity contribution >= 4 is 54.9 Å². The Hall–Kier alpha value is -1.57. The molecule has 1 unspecified atom stereocenters. The fourth-order valence-corrected chi connectivity index (χ4v) is 53.4. The van der Waals surface area contributed by atoms with Gasteiger partial charge in [-0.3, -0.25) is 0 Å². The molecular weight excluding hydrogens is 526 g/mol. The quantitative estimate of drug-likeness (QED) is 0.247. The van der Waals surface area contributed by atoms with Crippen LogP contribution in [0.25, 0.3) is 0 Å². The summed E-state index contributed by atoms with van der Waals surface area (Å²) >= 11 is -4.78. The Morgan fingerprint density at radius 1 is 0.647 bits per heavy atom. The number of rotatable bonds is 6. The molecule has 0 spiro atoms. The third kappa shape index (κ3) is 2.83. The predicted molar refractivity (Wildman–Crippen MR) is 159 cm³/mol. The van der Waals surface area contributed by atoms with Gasteiger partial charge in [0.25, 0.3) is 0 Å². The summed E-state index contributed by atoms with van der Waals surface area (Å²) in [6.07, 6.45) is 8.25. The Morgan fingerprint density at radius 2 is 1.12 bits per heavy atom. The molecule has 3 aromatic carbocycles. The molecule has 1 atom stereocenters. The molecule has 34 heavy (non-hydrogen) atoms. The normalized spacial score (nSPS) is 15.2. The molecular formula is C29H33Cl2PSiTi. The van der Waals surface area contributed by atoms with E-state index in [0.717, 1.165) is 14.6 Å². The van der Waals surface area contributed by atoms with E-state index in [2.05, 4.69) is 140 Å². The molecule has 176 valence electrons. The molecule has 0 N–H and O–H groups in total. The van der Waals surface area contributed by atoms with Gasteiger partial charge in [-0.1, -0.05) is 0 Å². The van der Waals surface area contributed by atoms with Crippen molar-refractivity contribution < 1.29 is 13.3 Å². The second-order valence-electron chi connectivity index (χ2n) is 9.63. The molecule has 0 fully saturated rings. The van der Waals surface area contributed by atoms with Gasteiger partial charge in [-0.15, -0.1) is 24.8 Å². The summed E-state index contributed by atoms with van der Waals surface area (Å²) in [7, 11) is 0.719. The number of benzene rings is 3. The van der Waals surface area contributed by atoms with Crippen LogP contribution in [-0.2, 0) is 13.3 Å². The van der Waals surface area contributed by atoms with E-state index in [4.69, 9.17) is 0 Å². The van der Waals surface area contributed by atoms with Gasteiger partial charge < -0.3 is 0 Å². The molecule has 0 bridgehead atoms. The maximum atomic E-state index is 2.64. The van der Waals surface area contributed by atoms with Crippen molar-refractivity contribution in [1.29, 1.82) is 0 Å². The summed E-state index contributed by atoms with van der Waals surface area (Å²) in [6, 6.07) is 39.9. The third-order valence-electron chi connectivity index (χ3n) is 8.89. The fourth-order valence-electron chi connectivity index (χ4n) is 7.64. The monoisotopic (exact) mass is 558 g/mol. The van der Waals surface area contributed by atoms with Gasteiger partial charge in [0.15, 0.2) is 0 Å². The molecule has 5 heteroatoms. The molecule has 0 nitrogen and oxygen atoms in total. The van der Waals surface area contributed by atoms with Gasteiger partial charge in [0.2, 0.25) is 0 Å². The van der Waals surface area contributed by atoms with E-state index in [-0.39, 0.29) is 24.8 Å². The van der Waals surface area contributed by atoms with Gasteiger partial charge >= 0.3 is 194 Å². The van der Waals surface area contributed by atoms with Crippen LogP contribution in [-0.4, -0.2) is 6.66 Å². The molecule has 0 aliphatic heterocycles. The molecule has 4 aromatic rings. The topological polar surface area (TPSA) is 0 Å². The van der Waals surface area contributed by atoms with Crippen molar-refractivity contribution in [1.82, 2.24) is 0 Å². The van der Waals surface area contributed by atoms with Crippen molar-refractivity contribution in [2.45, 2.75) is 19.5 Å². The first-order valence-corrected chi connectivity index (χ1v) is 22.2. The van der Waals surface area contributed by atoms with Crippen molar-refractivity contribution in [3.8, 4) is 0 Å². The van der Waals surface area contributed by atoms with Crippen LogP contribution in [0.2, 0.25) is 13.1 Å². The minimum Gasteiger partial charge on any atom is -0.147 e. The maximum Gasteiger partial charge on any atom is -0.147 e. The van der Waals surface area contributed by atoms with Crippen molar-refractivity contribution in [3.05, 3.63) is 131 Å². The minimum absolute atomic E-state index is 0. The zero-order valence-electron chi connectivity index (χ0n) is 19.7. The van der Waals surface area contributed by atoms with Crippen LogP contribution in [0, 0.1) is 0 Å². The van der Waals surface area contributed by atoms with Crippen LogP contribution in [0.4, 0.5) is 0 Å². The average molecular weight is 559 g/mol. The van der Waals surface area contributed by atoms with Crippen LogP contribution < -0.4 is 15.2 Å². The molecule has 5 rings (SSSR count). The summed E-state index contributed by atoms with van der Waals surface area (Å²) in [5.41, 5.74) is 0. The predicted octanol–water partition coefficient (Wildman–Crippen LogP) is 6.22. The van der Waals surface area contributed by atoms with Crippen LogP contribution in [0.3, 0.4) is 0 Å². The van der Waals surface area contributed by atoms with E-state index in [1.807, 2.05) is 0 Å². The number of allylic oxidation sites excluding steroid dienone is 4. The van der Waals surface area contributed by atoms with Gasteiger partial charge in [0, 0.05) is 0 Å². The van der Waals surface area contributed by atoms with E-state index in [0.29, 0.717) is 0 Å². The summed E-state index contributed by atoms with van der Waals surface area (Å²) in [5.74, 6) is 2.41. The van der Waals surface area contributed by atoms with Crippen LogP contribution in [0.5, 0.6) is 0 Å². The Morgan fingerprint density at radius 3 is 1.44 bits per heavy atom. The third-order valence-corrected chi connectivity index (χ3v) is 51.7. The molecule has 0 radical (unpaired) electrons. The van der Waals surface area contributed by atoms with Gasteiger partial charge in [-0.25, -0.2) is 0 Å². The Labute approximate surface area is 217 Å². The van der Waals surface area contributed by atoms with Gasteiger partial charge in [-0.05, 0) is 0 Å². The average Bonchev–Trinajstić information content (AvgIpc) is 3.59. The number of halogens is 2. The fraction of sp³-hybridized carbons (Fsp3) is 0.103. The van der Waals surface area contributed by atoms with Gasteiger partial charge in [0.1, 0.15) is 0 Å². The minimum atomic E-state index is -4.78. The molecule has 0 saturated carbocycles. The summed E-state index contributed by atoms with van der Waals surface area (Å²) in [5, 5.41) is 0. The van der Waals surface area contributed by atoms with Gasteiger partial charge in [0.05, 0.1) is 0 Å². The SMILES string of the molecule is C[SiH](C)[Ti]([C]1=CC=CC1)([c]1ccccc1)([c]1ccccc1)([c]1ccccc1)[c]1ccc[pH]1.Cl.Cl. The van der Waals surface area contributed by atoms with E-state index in [1.165, 1.54) is 0 Å². The molecule has 1 aliphatic carbocycles. The van der Waals surface area contributed by atoms with Crippen molar-refractivity contribution in [2.75, 3.05) is 0 Å². The largest absolute Gasteiger partial charge is 0.147 e. The van der Waals surface area contributed by atoms with E-state index in [9.17, 15) is 0 Å². The zero-order chi connectivity index (χ0) is 22.1. The van der Waals surface area contributed by atoms with E-state index in [1.54, 1.807) is 19.1 Å². The van der Waals surface area contributed by atoms with Crippen LogP contribution in [0.1, 0.15) is 6.42 Å². The standard InChI is InChI=1S/3C6H5.C5H5.C4H4P.C2H7Si.2ClH.Ti/c3*1-2-4-6-5-3-1;2*1-2-4-5-3-1;1-3-2;;;/h3*1-5H;1-3H,4H2;1-3,5H;3H,1-2H3;2*1H;. The van der Waals surface area contributed by atoms with Crippen LogP contribution >= 0.6 is 33.0 Å². The number of hydrogen-bond donors (Lipinski definition) is 0.